The fourth-order valence-electron chi connectivity index (χ4n) is 6.91. The van der Waals surface area contributed by atoms with Crippen molar-refractivity contribution in [3.63, 3.8) is 0 Å². The third kappa shape index (κ3) is 4.15. The van der Waals surface area contributed by atoms with Gasteiger partial charge >= 0.3 is 0 Å². The lowest BCUT2D eigenvalue weighted by atomic mass is 9.85. The van der Waals surface area contributed by atoms with Crippen LogP contribution in [0.2, 0.25) is 0 Å². The van der Waals surface area contributed by atoms with E-state index in [2.05, 4.69) is 174 Å². The van der Waals surface area contributed by atoms with Crippen LogP contribution in [0.25, 0.3) is 82.7 Å². The fourth-order valence-corrected chi connectivity index (χ4v) is 6.91. The van der Waals surface area contributed by atoms with Crippen molar-refractivity contribution in [3.05, 3.63) is 170 Å². The largest absolute Gasteiger partial charge is 0.292 e. The minimum absolute atomic E-state index is 0.944. The quantitative estimate of drug-likeness (QED) is 0.192. The summed E-state index contributed by atoms with van der Waals surface area (Å²) in [6.07, 6.45) is 0. The minimum Gasteiger partial charge on any atom is -0.292 e. The van der Waals surface area contributed by atoms with E-state index in [4.69, 9.17) is 4.98 Å². The van der Waals surface area contributed by atoms with Crippen LogP contribution in [0.5, 0.6) is 0 Å². The molecule has 9 rings (SSSR count). The van der Waals surface area contributed by atoms with E-state index >= 15 is 0 Å². The standard InChI is InChI=1S/C43H28N2/c1-4-14-29(15-5-1)33-24-25-35-36(28-33)41(30-16-6-2-7-17-30)37-26-31-18-10-11-19-32(31)27-38(37)42(35)43-44-39-22-12-13-23-40(39)45(43)34-20-8-3-9-21-34/h1-28H. The molecule has 0 amide bonds. The van der Waals surface area contributed by atoms with E-state index in [1.54, 1.807) is 0 Å². The summed E-state index contributed by atoms with van der Waals surface area (Å²) in [7, 11) is 0. The number of rotatable bonds is 4. The Bertz CT molecular complexity index is 2510. The van der Waals surface area contributed by atoms with Crippen LogP contribution in [0.4, 0.5) is 0 Å². The lowest BCUT2D eigenvalue weighted by Crippen LogP contribution is -2.00. The molecular weight excluding hydrogens is 544 g/mol. The van der Waals surface area contributed by atoms with Crippen molar-refractivity contribution >= 4 is 43.4 Å². The topological polar surface area (TPSA) is 17.8 Å². The summed E-state index contributed by atoms with van der Waals surface area (Å²) in [6.45, 7) is 0. The van der Waals surface area contributed by atoms with Crippen molar-refractivity contribution in [2.75, 3.05) is 0 Å². The number of para-hydroxylation sites is 3. The van der Waals surface area contributed by atoms with Crippen molar-refractivity contribution in [3.8, 4) is 39.3 Å². The van der Waals surface area contributed by atoms with Gasteiger partial charge in [-0.3, -0.25) is 4.57 Å². The highest BCUT2D eigenvalue weighted by atomic mass is 15.1. The number of aromatic nitrogens is 2. The number of hydrogen-bond acceptors (Lipinski definition) is 1. The maximum absolute atomic E-state index is 5.39. The van der Waals surface area contributed by atoms with E-state index < -0.39 is 0 Å². The van der Waals surface area contributed by atoms with Crippen molar-refractivity contribution in [1.82, 2.24) is 9.55 Å². The molecule has 0 atom stereocenters. The third-order valence-corrected chi connectivity index (χ3v) is 8.95. The molecule has 1 aromatic heterocycles. The summed E-state index contributed by atoms with van der Waals surface area (Å²) in [5, 5.41) is 7.26. The molecule has 0 spiro atoms. The first-order chi connectivity index (χ1) is 22.3. The Kier molecular flexibility index (Phi) is 5.85. The molecule has 0 saturated carbocycles. The van der Waals surface area contributed by atoms with E-state index in [0.717, 1.165) is 28.1 Å². The molecule has 45 heavy (non-hydrogen) atoms. The molecule has 0 aliphatic heterocycles. The van der Waals surface area contributed by atoms with E-state index in [1.807, 2.05) is 0 Å². The van der Waals surface area contributed by atoms with E-state index in [0.29, 0.717) is 0 Å². The molecule has 9 aromatic rings. The molecule has 210 valence electrons. The molecule has 8 aromatic carbocycles. The van der Waals surface area contributed by atoms with Gasteiger partial charge in [-0.25, -0.2) is 4.98 Å². The Balaban J connectivity index is 1.51. The Morgan fingerprint density at radius 1 is 0.378 bits per heavy atom. The van der Waals surface area contributed by atoms with Gasteiger partial charge in [-0.2, -0.15) is 0 Å². The van der Waals surface area contributed by atoms with Crippen LogP contribution in [0.3, 0.4) is 0 Å². The highest BCUT2D eigenvalue weighted by molar-refractivity contribution is 6.24. The molecule has 0 unspecified atom stereocenters. The average Bonchev–Trinajstić information content (AvgIpc) is 3.49. The highest BCUT2D eigenvalue weighted by Gasteiger charge is 2.23. The van der Waals surface area contributed by atoms with Crippen molar-refractivity contribution in [2.24, 2.45) is 0 Å². The number of benzene rings is 8. The van der Waals surface area contributed by atoms with Crippen LogP contribution in [0, 0.1) is 0 Å². The second-order valence-electron chi connectivity index (χ2n) is 11.6. The first-order valence-electron chi connectivity index (χ1n) is 15.4. The molecule has 0 radical (unpaired) electrons. The molecule has 0 fully saturated rings. The molecule has 2 nitrogen and oxygen atoms in total. The summed E-state index contributed by atoms with van der Waals surface area (Å²) < 4.78 is 2.33. The fraction of sp³-hybridized carbons (Fsp3) is 0. The summed E-state index contributed by atoms with van der Waals surface area (Å²) in [6, 6.07) is 60.9. The second-order valence-corrected chi connectivity index (χ2v) is 11.6. The van der Waals surface area contributed by atoms with Crippen molar-refractivity contribution in [1.29, 1.82) is 0 Å². The van der Waals surface area contributed by atoms with Gasteiger partial charge < -0.3 is 0 Å². The SMILES string of the molecule is c1ccc(-c2ccc3c(-c4nc5ccccc5n4-c4ccccc4)c4cc5ccccc5cc4c(-c4ccccc4)c3c2)cc1. The van der Waals surface area contributed by atoms with Crippen LogP contribution in [0.15, 0.2) is 170 Å². The van der Waals surface area contributed by atoms with Gasteiger partial charge in [0, 0.05) is 11.3 Å². The summed E-state index contributed by atoms with van der Waals surface area (Å²) in [5.41, 5.74) is 9.16. The van der Waals surface area contributed by atoms with Gasteiger partial charge in [-0.15, -0.1) is 0 Å². The molecule has 0 bridgehead atoms. The van der Waals surface area contributed by atoms with Gasteiger partial charge in [0.1, 0.15) is 5.82 Å². The zero-order valence-electron chi connectivity index (χ0n) is 24.6. The van der Waals surface area contributed by atoms with Gasteiger partial charge in [0.25, 0.3) is 0 Å². The number of hydrogen-bond donors (Lipinski definition) is 0. The van der Waals surface area contributed by atoms with E-state index in [1.165, 1.54) is 54.6 Å². The number of imidazole rings is 1. The van der Waals surface area contributed by atoms with Crippen LogP contribution >= 0.6 is 0 Å². The number of fused-ring (bicyclic) bond motifs is 4. The van der Waals surface area contributed by atoms with Gasteiger partial charge in [0.15, 0.2) is 0 Å². The lowest BCUT2D eigenvalue weighted by Gasteiger charge is -2.20. The molecule has 0 saturated heterocycles. The molecule has 0 aliphatic carbocycles. The summed E-state index contributed by atoms with van der Waals surface area (Å²) in [5.74, 6) is 0.944. The first kappa shape index (κ1) is 25.5. The number of nitrogens with zero attached hydrogens (tertiary/aromatic N) is 2. The molecular formula is C43H28N2. The third-order valence-electron chi connectivity index (χ3n) is 8.95. The second kappa shape index (κ2) is 10.3. The Hall–Kier alpha value is -5.99. The van der Waals surface area contributed by atoms with Gasteiger partial charge in [-0.1, -0.05) is 127 Å². The van der Waals surface area contributed by atoms with Gasteiger partial charge in [-0.05, 0) is 97.0 Å². The summed E-state index contributed by atoms with van der Waals surface area (Å²) in [4.78, 5) is 5.39. The Morgan fingerprint density at radius 3 is 1.64 bits per heavy atom. The normalized spacial score (nSPS) is 11.6. The highest BCUT2D eigenvalue weighted by Crippen LogP contribution is 2.46. The van der Waals surface area contributed by atoms with Crippen LogP contribution in [0.1, 0.15) is 0 Å². The van der Waals surface area contributed by atoms with Crippen LogP contribution in [-0.4, -0.2) is 9.55 Å². The smallest absolute Gasteiger partial charge is 0.146 e. The predicted molar refractivity (Wildman–Crippen MR) is 190 cm³/mol. The maximum Gasteiger partial charge on any atom is 0.146 e. The first-order valence-corrected chi connectivity index (χ1v) is 15.4. The monoisotopic (exact) mass is 572 g/mol. The summed E-state index contributed by atoms with van der Waals surface area (Å²) >= 11 is 0. The zero-order valence-corrected chi connectivity index (χ0v) is 24.6. The van der Waals surface area contributed by atoms with Crippen LogP contribution < -0.4 is 0 Å². The van der Waals surface area contributed by atoms with E-state index in [9.17, 15) is 0 Å². The van der Waals surface area contributed by atoms with Crippen molar-refractivity contribution in [2.45, 2.75) is 0 Å². The maximum atomic E-state index is 5.39. The average molecular weight is 573 g/mol. The van der Waals surface area contributed by atoms with E-state index in [-0.39, 0.29) is 0 Å². The minimum atomic E-state index is 0.944. The predicted octanol–water partition coefficient (Wildman–Crippen LogP) is 11.5. The molecule has 2 heteroatoms. The molecule has 0 N–H and O–H groups in total. The van der Waals surface area contributed by atoms with Crippen LogP contribution in [-0.2, 0) is 0 Å². The van der Waals surface area contributed by atoms with Gasteiger partial charge in [0.2, 0.25) is 0 Å². The zero-order chi connectivity index (χ0) is 29.7. The van der Waals surface area contributed by atoms with Gasteiger partial charge in [0.05, 0.1) is 11.0 Å². The molecule has 0 aliphatic rings. The Labute approximate surface area is 261 Å². The molecule has 1 heterocycles. The van der Waals surface area contributed by atoms with Crippen molar-refractivity contribution < 1.29 is 0 Å². The Morgan fingerprint density at radius 2 is 0.933 bits per heavy atom. The lowest BCUT2D eigenvalue weighted by molar-refractivity contribution is 1.11.